The molecule has 0 fully saturated rings. The monoisotopic (exact) mass is 368 g/mol. The summed E-state index contributed by atoms with van der Waals surface area (Å²) in [6.45, 7) is 0. The lowest BCUT2D eigenvalue weighted by molar-refractivity contribution is -0.0970. The molecule has 0 saturated heterocycles. The predicted octanol–water partition coefficient (Wildman–Crippen LogP) is 3.57. The van der Waals surface area contributed by atoms with Gasteiger partial charge in [0.25, 0.3) is 5.92 Å². The zero-order chi connectivity index (χ0) is 18.5. The van der Waals surface area contributed by atoms with Crippen molar-refractivity contribution >= 4 is 11.3 Å². The Labute approximate surface area is 151 Å². The van der Waals surface area contributed by atoms with Crippen LogP contribution >= 0.6 is 11.3 Å². The maximum absolute atomic E-state index is 14.2. The van der Waals surface area contributed by atoms with E-state index in [1.54, 1.807) is 17.1 Å². The summed E-state index contributed by atoms with van der Waals surface area (Å²) in [6, 6.07) is 8.41. The number of aliphatic hydroxyl groups is 1. The van der Waals surface area contributed by atoms with Gasteiger partial charge in [-0.05, 0) is 18.2 Å². The SMILES string of the molecule is N#Cc1cc(C#N)cc(-n2cc(-c3cscn3)c3c2CC(F)(F)C3O)c1. The molecule has 1 aliphatic carbocycles. The summed E-state index contributed by atoms with van der Waals surface area (Å²) in [6.07, 6.45) is -0.938. The second-order valence-electron chi connectivity index (χ2n) is 5.98. The van der Waals surface area contributed by atoms with Gasteiger partial charge in [0.2, 0.25) is 0 Å². The van der Waals surface area contributed by atoms with E-state index in [9.17, 15) is 13.9 Å². The Morgan fingerprint density at radius 2 is 1.92 bits per heavy atom. The number of hydrogen-bond acceptors (Lipinski definition) is 5. The molecule has 128 valence electrons. The maximum Gasteiger partial charge on any atom is 0.283 e. The minimum atomic E-state index is -3.29. The molecule has 1 aromatic carbocycles. The number of rotatable bonds is 2. The highest BCUT2D eigenvalue weighted by Crippen LogP contribution is 2.48. The van der Waals surface area contributed by atoms with Crippen molar-refractivity contribution in [2.24, 2.45) is 0 Å². The van der Waals surface area contributed by atoms with Gasteiger partial charge in [-0.2, -0.15) is 10.5 Å². The molecule has 0 amide bonds. The van der Waals surface area contributed by atoms with Crippen LogP contribution in [0.4, 0.5) is 8.78 Å². The minimum Gasteiger partial charge on any atom is -0.382 e. The number of thiazole rings is 1. The molecule has 26 heavy (non-hydrogen) atoms. The number of hydrogen-bond donors (Lipinski definition) is 1. The lowest BCUT2D eigenvalue weighted by atomic mass is 10.1. The minimum absolute atomic E-state index is 0.141. The molecule has 1 aliphatic rings. The fraction of sp³-hybridized carbons (Fsp3) is 0.167. The molecule has 1 atom stereocenters. The number of fused-ring (bicyclic) bond motifs is 1. The van der Waals surface area contributed by atoms with Crippen LogP contribution in [0, 0.1) is 22.7 Å². The van der Waals surface area contributed by atoms with E-state index >= 15 is 0 Å². The zero-order valence-corrected chi connectivity index (χ0v) is 14.0. The van der Waals surface area contributed by atoms with E-state index in [-0.39, 0.29) is 22.4 Å². The van der Waals surface area contributed by atoms with Crippen LogP contribution in [0.15, 0.2) is 35.3 Å². The third-order valence-electron chi connectivity index (χ3n) is 4.39. The van der Waals surface area contributed by atoms with Crippen molar-refractivity contribution in [3.63, 3.8) is 0 Å². The first-order valence-corrected chi connectivity index (χ1v) is 8.53. The van der Waals surface area contributed by atoms with E-state index < -0.39 is 18.4 Å². The molecular weight excluding hydrogens is 358 g/mol. The van der Waals surface area contributed by atoms with E-state index in [2.05, 4.69) is 4.98 Å². The number of nitriles is 2. The molecule has 0 saturated carbocycles. The Morgan fingerprint density at radius 1 is 1.23 bits per heavy atom. The smallest absolute Gasteiger partial charge is 0.283 e. The molecule has 5 nitrogen and oxygen atoms in total. The highest BCUT2D eigenvalue weighted by Gasteiger charge is 2.50. The normalized spacial score (nSPS) is 17.5. The topological polar surface area (TPSA) is 85.6 Å². The van der Waals surface area contributed by atoms with E-state index in [0.717, 1.165) is 0 Å². The zero-order valence-electron chi connectivity index (χ0n) is 13.1. The molecule has 0 radical (unpaired) electrons. The quantitative estimate of drug-likeness (QED) is 0.749. The van der Waals surface area contributed by atoms with Crippen molar-refractivity contribution in [2.75, 3.05) is 0 Å². The van der Waals surface area contributed by atoms with Crippen LogP contribution in [-0.2, 0) is 6.42 Å². The molecular formula is C18H10F2N4OS. The third kappa shape index (κ3) is 2.39. The predicted molar refractivity (Wildman–Crippen MR) is 89.9 cm³/mol. The molecule has 0 bridgehead atoms. The lowest BCUT2D eigenvalue weighted by Gasteiger charge is -2.15. The number of aromatic nitrogens is 2. The van der Waals surface area contributed by atoms with Gasteiger partial charge in [0.15, 0.2) is 0 Å². The Kier molecular flexibility index (Phi) is 3.62. The second kappa shape index (κ2) is 5.73. The van der Waals surface area contributed by atoms with E-state index in [4.69, 9.17) is 10.5 Å². The van der Waals surface area contributed by atoms with E-state index in [1.807, 2.05) is 12.1 Å². The average Bonchev–Trinajstić information content (AvgIpc) is 3.32. The molecule has 4 rings (SSSR count). The van der Waals surface area contributed by atoms with Crippen molar-refractivity contribution < 1.29 is 13.9 Å². The molecule has 1 N–H and O–H groups in total. The number of nitrogens with zero attached hydrogens (tertiary/aromatic N) is 4. The van der Waals surface area contributed by atoms with Crippen LogP contribution in [-0.4, -0.2) is 20.6 Å². The fourth-order valence-corrected chi connectivity index (χ4v) is 3.79. The van der Waals surface area contributed by atoms with Crippen LogP contribution in [0.2, 0.25) is 0 Å². The van der Waals surface area contributed by atoms with Gasteiger partial charge in [-0.3, -0.25) is 0 Å². The molecule has 8 heteroatoms. The van der Waals surface area contributed by atoms with Crippen molar-refractivity contribution in [2.45, 2.75) is 18.4 Å². The number of alkyl halides is 2. The lowest BCUT2D eigenvalue weighted by Crippen LogP contribution is -2.22. The fourth-order valence-electron chi connectivity index (χ4n) is 3.24. The largest absolute Gasteiger partial charge is 0.382 e. The Balaban J connectivity index is 1.98. The Morgan fingerprint density at radius 3 is 2.50 bits per heavy atom. The van der Waals surface area contributed by atoms with Crippen LogP contribution in [0.25, 0.3) is 16.9 Å². The Bertz CT molecular complexity index is 1060. The number of benzene rings is 1. The summed E-state index contributed by atoms with van der Waals surface area (Å²) in [5, 5.41) is 30.2. The Hall–Kier alpha value is -3.07. The van der Waals surface area contributed by atoms with Gasteiger partial charge in [-0.25, -0.2) is 13.8 Å². The van der Waals surface area contributed by atoms with E-state index in [1.165, 1.54) is 34.1 Å². The second-order valence-corrected chi connectivity index (χ2v) is 6.70. The summed E-state index contributed by atoms with van der Waals surface area (Å²) in [5.74, 6) is -3.29. The first-order chi connectivity index (χ1) is 12.4. The number of halogens is 2. The molecule has 1 unspecified atom stereocenters. The van der Waals surface area contributed by atoms with Crippen LogP contribution in [0.1, 0.15) is 28.5 Å². The highest BCUT2D eigenvalue weighted by atomic mass is 32.1. The van der Waals surface area contributed by atoms with Gasteiger partial charge < -0.3 is 9.67 Å². The van der Waals surface area contributed by atoms with Gasteiger partial charge in [-0.1, -0.05) is 0 Å². The first kappa shape index (κ1) is 16.4. The maximum atomic E-state index is 14.2. The molecule has 3 aromatic rings. The van der Waals surface area contributed by atoms with Crippen LogP contribution in [0.5, 0.6) is 0 Å². The van der Waals surface area contributed by atoms with Crippen molar-refractivity contribution in [1.29, 1.82) is 10.5 Å². The molecule has 0 spiro atoms. The van der Waals surface area contributed by atoms with Crippen molar-refractivity contribution in [1.82, 2.24) is 9.55 Å². The molecule has 2 heterocycles. The van der Waals surface area contributed by atoms with Crippen molar-refractivity contribution in [3.8, 4) is 29.1 Å². The summed E-state index contributed by atoms with van der Waals surface area (Å²) in [5.41, 5.74) is 3.83. The average molecular weight is 368 g/mol. The summed E-state index contributed by atoms with van der Waals surface area (Å²) >= 11 is 1.32. The van der Waals surface area contributed by atoms with Gasteiger partial charge in [0.05, 0.1) is 40.9 Å². The van der Waals surface area contributed by atoms with E-state index in [0.29, 0.717) is 16.9 Å². The molecule has 2 aromatic heterocycles. The summed E-state index contributed by atoms with van der Waals surface area (Å²) in [4.78, 5) is 4.17. The number of aliphatic hydroxyl groups excluding tert-OH is 1. The van der Waals surface area contributed by atoms with Crippen LogP contribution in [0.3, 0.4) is 0 Å². The summed E-state index contributed by atoms with van der Waals surface area (Å²) in [7, 11) is 0. The molecule has 0 aliphatic heterocycles. The van der Waals surface area contributed by atoms with Gasteiger partial charge in [0, 0.05) is 34.1 Å². The van der Waals surface area contributed by atoms with Gasteiger partial charge in [-0.15, -0.1) is 11.3 Å². The van der Waals surface area contributed by atoms with Gasteiger partial charge >= 0.3 is 0 Å². The highest BCUT2D eigenvalue weighted by molar-refractivity contribution is 7.07. The van der Waals surface area contributed by atoms with Crippen LogP contribution < -0.4 is 0 Å². The van der Waals surface area contributed by atoms with Crippen molar-refractivity contribution in [3.05, 3.63) is 57.7 Å². The van der Waals surface area contributed by atoms with Gasteiger partial charge in [0.1, 0.15) is 6.10 Å². The standard InChI is InChI=1S/C18H10F2N4OS/c19-18(20)4-15-16(17(18)25)13(14-8-26-9-23-14)7-24(15)12-2-10(5-21)1-11(3-12)6-22/h1-3,7-9,17,25H,4H2. The summed E-state index contributed by atoms with van der Waals surface area (Å²) < 4.78 is 29.9. The third-order valence-corrected chi connectivity index (χ3v) is 4.98. The first-order valence-electron chi connectivity index (χ1n) is 7.59.